The zero-order valence-corrected chi connectivity index (χ0v) is 12.5. The van der Waals surface area contributed by atoms with Gasteiger partial charge in [0.05, 0.1) is 18.0 Å². The van der Waals surface area contributed by atoms with E-state index in [1.54, 1.807) is 23.4 Å². The first kappa shape index (κ1) is 14.3. The summed E-state index contributed by atoms with van der Waals surface area (Å²) in [7, 11) is 0. The summed E-state index contributed by atoms with van der Waals surface area (Å²) in [6.07, 6.45) is 8.05. The maximum atomic E-state index is 12.3. The van der Waals surface area contributed by atoms with Gasteiger partial charge >= 0.3 is 0 Å². The number of aromatic nitrogens is 4. The van der Waals surface area contributed by atoms with E-state index in [0.29, 0.717) is 0 Å². The van der Waals surface area contributed by atoms with Crippen LogP contribution in [0.15, 0.2) is 49.2 Å². The van der Waals surface area contributed by atoms with Gasteiger partial charge in [0.25, 0.3) is 0 Å². The van der Waals surface area contributed by atoms with E-state index in [2.05, 4.69) is 22.3 Å². The Hall–Kier alpha value is -2.63. The lowest BCUT2D eigenvalue weighted by Gasteiger charge is -2.17. The molecule has 3 rings (SSSR count). The van der Waals surface area contributed by atoms with E-state index in [-0.39, 0.29) is 18.5 Å². The Morgan fingerprint density at radius 1 is 1.36 bits per heavy atom. The Morgan fingerprint density at radius 2 is 2.23 bits per heavy atom. The topological polar surface area (TPSA) is 64.7 Å². The van der Waals surface area contributed by atoms with Crippen LogP contribution < -0.4 is 5.32 Å². The van der Waals surface area contributed by atoms with E-state index in [9.17, 15) is 4.79 Å². The summed E-state index contributed by atoms with van der Waals surface area (Å²) in [5.41, 5.74) is 0.973. The molecule has 6 nitrogen and oxygen atoms in total. The van der Waals surface area contributed by atoms with E-state index >= 15 is 0 Å². The molecule has 6 heteroatoms. The van der Waals surface area contributed by atoms with Gasteiger partial charge in [-0.2, -0.15) is 5.10 Å². The van der Waals surface area contributed by atoms with Gasteiger partial charge in [0, 0.05) is 30.4 Å². The summed E-state index contributed by atoms with van der Waals surface area (Å²) < 4.78 is 3.70. The lowest BCUT2D eigenvalue weighted by molar-refractivity contribution is -0.122. The number of nitrogens with one attached hydrogen (secondary N) is 1. The molecule has 114 valence electrons. The zero-order valence-electron chi connectivity index (χ0n) is 12.5. The van der Waals surface area contributed by atoms with Crippen molar-refractivity contribution in [1.82, 2.24) is 24.6 Å². The molecule has 0 saturated heterocycles. The second kappa shape index (κ2) is 6.43. The summed E-state index contributed by atoms with van der Waals surface area (Å²) in [6.45, 7) is 3.02. The van der Waals surface area contributed by atoms with Gasteiger partial charge in [-0.1, -0.05) is 25.1 Å². The van der Waals surface area contributed by atoms with Gasteiger partial charge in [0.1, 0.15) is 6.54 Å². The van der Waals surface area contributed by atoms with Gasteiger partial charge in [-0.05, 0) is 12.5 Å². The van der Waals surface area contributed by atoms with Gasteiger partial charge < -0.3 is 9.88 Å². The second-order valence-electron chi connectivity index (χ2n) is 5.29. The molecule has 1 N–H and O–H groups in total. The van der Waals surface area contributed by atoms with Crippen molar-refractivity contribution in [2.75, 3.05) is 0 Å². The van der Waals surface area contributed by atoms with E-state index in [1.165, 1.54) is 0 Å². The van der Waals surface area contributed by atoms with Crippen LogP contribution in [0.3, 0.4) is 0 Å². The number of nitrogens with zero attached hydrogens (tertiary/aromatic N) is 4. The summed E-state index contributed by atoms with van der Waals surface area (Å²) in [4.78, 5) is 16.3. The van der Waals surface area contributed by atoms with Crippen LogP contribution in [0.2, 0.25) is 0 Å². The van der Waals surface area contributed by atoms with Crippen LogP contribution in [-0.4, -0.2) is 31.3 Å². The van der Waals surface area contributed by atoms with Crippen molar-refractivity contribution in [1.29, 1.82) is 0 Å². The number of hydrogen-bond acceptors (Lipinski definition) is 3. The molecule has 2 aromatic heterocycles. The van der Waals surface area contributed by atoms with Crippen molar-refractivity contribution in [2.45, 2.75) is 32.5 Å². The number of fused-ring (bicyclic) bond motifs is 1. The van der Waals surface area contributed by atoms with Crippen LogP contribution in [0.5, 0.6) is 0 Å². The molecule has 0 aliphatic heterocycles. The van der Waals surface area contributed by atoms with E-state index in [4.69, 9.17) is 0 Å². The minimum atomic E-state index is -0.0270. The van der Waals surface area contributed by atoms with Crippen LogP contribution in [0.1, 0.15) is 13.3 Å². The number of carbonyl (C=O) groups is 1. The fourth-order valence-electron chi connectivity index (χ4n) is 2.49. The van der Waals surface area contributed by atoms with Crippen LogP contribution in [0.4, 0.5) is 0 Å². The number of hydrogen-bond donors (Lipinski definition) is 1. The molecule has 0 bridgehead atoms. The predicted molar refractivity (Wildman–Crippen MR) is 84.2 cm³/mol. The predicted octanol–water partition coefficient (Wildman–Crippen LogP) is 1.83. The van der Waals surface area contributed by atoms with Gasteiger partial charge in [-0.3, -0.25) is 9.48 Å². The molecule has 0 aliphatic carbocycles. The Labute approximate surface area is 128 Å². The summed E-state index contributed by atoms with van der Waals surface area (Å²) in [5.74, 6) is -0.0270. The maximum Gasteiger partial charge on any atom is 0.242 e. The normalized spacial score (nSPS) is 12.4. The molecule has 0 unspecified atom stereocenters. The van der Waals surface area contributed by atoms with Crippen molar-refractivity contribution < 1.29 is 4.79 Å². The highest BCUT2D eigenvalue weighted by Crippen LogP contribution is 2.12. The number of benzene rings is 1. The van der Waals surface area contributed by atoms with Crippen LogP contribution in [-0.2, 0) is 17.9 Å². The third kappa shape index (κ3) is 3.16. The lowest BCUT2D eigenvalue weighted by Crippen LogP contribution is -2.39. The Balaban J connectivity index is 1.64. The Bertz CT molecular complexity index is 747. The molecule has 22 heavy (non-hydrogen) atoms. The largest absolute Gasteiger partial charge is 0.350 e. The summed E-state index contributed by atoms with van der Waals surface area (Å²) in [5, 5.41) is 8.39. The fraction of sp³-hybridized carbons (Fsp3) is 0.312. The molecule has 0 aliphatic rings. The molecule has 3 aromatic rings. The minimum absolute atomic E-state index is 0.0270. The highest BCUT2D eigenvalue weighted by molar-refractivity contribution is 5.82. The number of imidazole rings is 1. The molecule has 1 amide bonds. The highest BCUT2D eigenvalue weighted by Gasteiger charge is 2.13. The Kier molecular flexibility index (Phi) is 4.18. The van der Waals surface area contributed by atoms with Crippen molar-refractivity contribution in [3.8, 4) is 0 Å². The third-order valence-electron chi connectivity index (χ3n) is 3.69. The number of para-hydroxylation sites is 1. The van der Waals surface area contributed by atoms with E-state index in [0.717, 1.165) is 23.9 Å². The first-order valence-corrected chi connectivity index (χ1v) is 7.42. The second-order valence-corrected chi connectivity index (χ2v) is 5.29. The Morgan fingerprint density at radius 3 is 3.00 bits per heavy atom. The van der Waals surface area contributed by atoms with Gasteiger partial charge in [0.15, 0.2) is 0 Å². The smallest absolute Gasteiger partial charge is 0.242 e. The first-order valence-electron chi connectivity index (χ1n) is 7.42. The van der Waals surface area contributed by atoms with E-state index < -0.39 is 0 Å². The molecule has 1 aromatic carbocycles. The van der Waals surface area contributed by atoms with Gasteiger partial charge in [-0.25, -0.2) is 4.98 Å². The minimum Gasteiger partial charge on any atom is -0.350 e. The molecule has 2 heterocycles. The lowest BCUT2D eigenvalue weighted by atomic mass is 10.2. The average molecular weight is 297 g/mol. The maximum absolute atomic E-state index is 12.3. The van der Waals surface area contributed by atoms with Gasteiger partial charge in [-0.15, -0.1) is 0 Å². The number of amides is 1. The van der Waals surface area contributed by atoms with Crippen LogP contribution in [0, 0.1) is 0 Å². The van der Waals surface area contributed by atoms with Crippen molar-refractivity contribution in [3.05, 3.63) is 49.2 Å². The number of carbonyl (C=O) groups excluding carboxylic acids is 1. The average Bonchev–Trinajstić information content (AvgIpc) is 3.17. The molecule has 0 radical (unpaired) electrons. The molecule has 0 spiro atoms. The van der Waals surface area contributed by atoms with E-state index in [1.807, 2.05) is 35.0 Å². The summed E-state index contributed by atoms with van der Waals surface area (Å²) in [6, 6.07) is 7.96. The summed E-state index contributed by atoms with van der Waals surface area (Å²) >= 11 is 0. The monoisotopic (exact) mass is 297 g/mol. The molecular weight excluding hydrogens is 278 g/mol. The third-order valence-corrected chi connectivity index (χ3v) is 3.69. The van der Waals surface area contributed by atoms with Crippen LogP contribution >= 0.6 is 0 Å². The molecule has 0 fully saturated rings. The van der Waals surface area contributed by atoms with Crippen LogP contribution in [0.25, 0.3) is 10.9 Å². The van der Waals surface area contributed by atoms with Crippen molar-refractivity contribution in [3.63, 3.8) is 0 Å². The molecular formula is C16H19N5O. The first-order chi connectivity index (χ1) is 10.8. The SMILES string of the molecule is CC[C@@H](Cn1ccnc1)NC(=O)Cn1ncc2ccccc21. The fourth-order valence-corrected chi connectivity index (χ4v) is 2.49. The standard InChI is InChI=1S/C16H19N5O/c1-2-14(10-20-8-7-17-12-20)19-16(22)11-21-15-6-4-3-5-13(15)9-18-21/h3-9,12,14H,2,10-11H2,1H3,(H,19,22)/t14-/m0/s1. The zero-order chi connectivity index (χ0) is 15.4. The highest BCUT2D eigenvalue weighted by atomic mass is 16.2. The van der Waals surface area contributed by atoms with Crippen molar-refractivity contribution in [2.24, 2.45) is 0 Å². The molecule has 0 saturated carbocycles. The number of rotatable bonds is 6. The van der Waals surface area contributed by atoms with Gasteiger partial charge in [0.2, 0.25) is 5.91 Å². The van der Waals surface area contributed by atoms with Crippen molar-refractivity contribution >= 4 is 16.8 Å². The quantitative estimate of drug-likeness (QED) is 0.755. The molecule has 1 atom stereocenters.